The van der Waals surface area contributed by atoms with Gasteiger partial charge in [-0.2, -0.15) is 0 Å². The van der Waals surface area contributed by atoms with E-state index in [0.29, 0.717) is 0 Å². The Morgan fingerprint density at radius 1 is 1.56 bits per heavy atom. The van der Waals surface area contributed by atoms with Crippen LogP contribution in [0.3, 0.4) is 0 Å². The second-order valence-corrected chi connectivity index (χ2v) is 3.39. The van der Waals surface area contributed by atoms with E-state index >= 15 is 0 Å². The molecule has 0 aliphatic carbocycles. The van der Waals surface area contributed by atoms with E-state index in [4.69, 9.17) is 9.11 Å². The van der Waals surface area contributed by atoms with Gasteiger partial charge >= 0.3 is 6.03 Å². The SMILES string of the molecule is CNC(=O)NS(C)(O)O. The van der Waals surface area contributed by atoms with Crippen LogP contribution in [0.5, 0.6) is 0 Å². The van der Waals surface area contributed by atoms with Gasteiger partial charge in [-0.05, 0) is 0 Å². The van der Waals surface area contributed by atoms with E-state index in [1.54, 1.807) is 0 Å². The molecular weight excluding hydrogens is 144 g/mol. The quantitative estimate of drug-likeness (QED) is 0.436. The molecule has 0 spiro atoms. The highest BCUT2D eigenvalue weighted by Gasteiger charge is 2.05. The number of amides is 2. The number of urea groups is 1. The van der Waals surface area contributed by atoms with Crippen LogP contribution in [0.15, 0.2) is 0 Å². The van der Waals surface area contributed by atoms with Crippen LogP contribution in [0.4, 0.5) is 4.79 Å². The Morgan fingerprint density at radius 3 is 2.11 bits per heavy atom. The largest absolute Gasteiger partial charge is 0.340 e. The number of rotatable bonds is 1. The van der Waals surface area contributed by atoms with E-state index in [9.17, 15) is 4.79 Å². The molecule has 2 amide bonds. The zero-order valence-corrected chi connectivity index (χ0v) is 6.03. The molecule has 0 radical (unpaired) electrons. The van der Waals surface area contributed by atoms with Crippen LogP contribution in [0.2, 0.25) is 0 Å². The van der Waals surface area contributed by atoms with Gasteiger partial charge in [0.25, 0.3) is 0 Å². The smallest absolute Gasteiger partial charge is 0.332 e. The van der Waals surface area contributed by atoms with Crippen molar-refractivity contribution in [1.29, 1.82) is 0 Å². The average Bonchev–Trinajstić information content (AvgIpc) is 1.62. The lowest BCUT2D eigenvalue weighted by atomic mass is 11.0. The summed E-state index contributed by atoms with van der Waals surface area (Å²) in [5.41, 5.74) is 0. The van der Waals surface area contributed by atoms with Gasteiger partial charge in [0.15, 0.2) is 0 Å². The predicted molar refractivity (Wildman–Crippen MR) is 36.4 cm³/mol. The summed E-state index contributed by atoms with van der Waals surface area (Å²) < 4.78 is 19.1. The molecule has 0 aromatic heterocycles. The number of nitrogens with one attached hydrogen (secondary N) is 2. The van der Waals surface area contributed by atoms with E-state index in [1.165, 1.54) is 7.05 Å². The fourth-order valence-electron chi connectivity index (χ4n) is 0.227. The Hall–Kier alpha value is -0.460. The third-order valence-corrected chi connectivity index (χ3v) is 1.09. The summed E-state index contributed by atoms with van der Waals surface area (Å²) in [6.45, 7) is 0. The maximum atomic E-state index is 10.3. The van der Waals surface area contributed by atoms with Gasteiger partial charge in [0.05, 0.1) is 0 Å². The lowest BCUT2D eigenvalue weighted by Gasteiger charge is -2.26. The number of carbonyl (C=O) groups excluding carboxylic acids is 1. The molecule has 0 unspecified atom stereocenters. The fraction of sp³-hybridized carbons (Fsp3) is 0.667. The molecule has 0 heterocycles. The lowest BCUT2D eigenvalue weighted by molar-refractivity contribution is 0.247. The molecule has 5 nitrogen and oxygen atoms in total. The first-order chi connectivity index (χ1) is 3.95. The summed E-state index contributed by atoms with van der Waals surface area (Å²) in [6, 6.07) is -0.600. The molecule has 0 aliphatic rings. The van der Waals surface area contributed by atoms with Crippen molar-refractivity contribution >= 4 is 16.8 Å². The fourth-order valence-corrected chi connectivity index (χ4v) is 0.680. The molecule has 0 atom stereocenters. The minimum Gasteiger partial charge on any atom is -0.340 e. The van der Waals surface area contributed by atoms with Crippen LogP contribution in [0.1, 0.15) is 0 Å². The van der Waals surface area contributed by atoms with Gasteiger partial charge < -0.3 is 5.32 Å². The van der Waals surface area contributed by atoms with E-state index < -0.39 is 16.8 Å². The maximum Gasteiger partial charge on any atom is 0.332 e. The van der Waals surface area contributed by atoms with Gasteiger partial charge in [0.2, 0.25) is 0 Å². The molecule has 4 N–H and O–H groups in total. The molecule has 0 fully saturated rings. The van der Waals surface area contributed by atoms with Crippen molar-refractivity contribution < 1.29 is 13.9 Å². The van der Waals surface area contributed by atoms with E-state index in [1.807, 2.05) is 4.72 Å². The maximum absolute atomic E-state index is 10.3. The summed E-state index contributed by atoms with van der Waals surface area (Å²) in [4.78, 5) is 10.3. The van der Waals surface area contributed by atoms with Gasteiger partial charge in [-0.25, -0.2) is 9.52 Å². The Bertz CT molecular complexity index is 110. The third-order valence-electron chi connectivity index (χ3n) is 0.513. The molecule has 0 aromatic carbocycles. The van der Waals surface area contributed by atoms with Gasteiger partial charge in [-0.15, -0.1) is 10.8 Å². The number of hydrogen-bond donors (Lipinski definition) is 4. The van der Waals surface area contributed by atoms with Crippen molar-refractivity contribution in [3.8, 4) is 0 Å². The minimum absolute atomic E-state index is 0.600. The summed E-state index contributed by atoms with van der Waals surface area (Å²) in [5.74, 6) is 0. The van der Waals surface area contributed by atoms with Gasteiger partial charge in [-0.1, -0.05) is 0 Å². The lowest BCUT2D eigenvalue weighted by Crippen LogP contribution is -2.34. The second-order valence-electron chi connectivity index (χ2n) is 1.51. The van der Waals surface area contributed by atoms with Crippen molar-refractivity contribution in [3.63, 3.8) is 0 Å². The van der Waals surface area contributed by atoms with Crippen LogP contribution >= 0.6 is 10.8 Å². The summed E-state index contributed by atoms with van der Waals surface area (Å²) in [5, 5.41) is 2.17. The molecular formula is C3H10N2O3S. The molecule has 0 saturated heterocycles. The van der Waals surface area contributed by atoms with Crippen LogP contribution in [0, 0.1) is 0 Å². The Morgan fingerprint density at radius 2 is 2.00 bits per heavy atom. The summed E-state index contributed by atoms with van der Waals surface area (Å²) >= 11 is 0. The molecule has 0 aliphatic heterocycles. The van der Waals surface area contributed by atoms with Crippen LogP contribution in [0.25, 0.3) is 0 Å². The van der Waals surface area contributed by atoms with Gasteiger partial charge in [0, 0.05) is 13.3 Å². The van der Waals surface area contributed by atoms with Gasteiger partial charge in [0.1, 0.15) is 0 Å². The molecule has 6 heteroatoms. The van der Waals surface area contributed by atoms with E-state index in [-0.39, 0.29) is 0 Å². The summed E-state index contributed by atoms with van der Waals surface area (Å²) in [6.07, 6.45) is 1.13. The standard InChI is InChI=1S/C3H10N2O3S/c1-4-3(6)5-9(2,7)8/h7-8H,1-2H3,(H2,4,5,6). The van der Waals surface area contributed by atoms with Crippen LogP contribution in [-0.4, -0.2) is 28.4 Å². The highest BCUT2D eigenvalue weighted by molar-refractivity contribution is 8.22. The predicted octanol–water partition coefficient (Wildman–Crippen LogP) is 0.211. The van der Waals surface area contributed by atoms with Crippen molar-refractivity contribution in [2.24, 2.45) is 0 Å². The van der Waals surface area contributed by atoms with E-state index in [2.05, 4.69) is 5.32 Å². The highest BCUT2D eigenvalue weighted by Crippen LogP contribution is 2.26. The van der Waals surface area contributed by atoms with Crippen molar-refractivity contribution in [1.82, 2.24) is 10.0 Å². The molecule has 0 aromatic rings. The first-order valence-corrected chi connectivity index (χ1v) is 4.14. The highest BCUT2D eigenvalue weighted by atomic mass is 32.3. The van der Waals surface area contributed by atoms with Crippen LogP contribution in [-0.2, 0) is 0 Å². The van der Waals surface area contributed by atoms with E-state index in [0.717, 1.165) is 6.26 Å². The molecule has 56 valence electrons. The number of carbonyl (C=O) groups is 1. The first kappa shape index (κ1) is 8.54. The third kappa shape index (κ3) is 5.41. The topological polar surface area (TPSA) is 81.6 Å². The Balaban J connectivity index is 3.60. The van der Waals surface area contributed by atoms with Crippen molar-refractivity contribution in [3.05, 3.63) is 0 Å². The van der Waals surface area contributed by atoms with Crippen molar-refractivity contribution in [2.75, 3.05) is 13.3 Å². The minimum atomic E-state index is -2.90. The Kier molecular flexibility index (Phi) is 2.75. The average molecular weight is 154 g/mol. The number of hydrogen-bond acceptors (Lipinski definition) is 3. The normalized spacial score (nSPS) is 12.4. The monoisotopic (exact) mass is 154 g/mol. The van der Waals surface area contributed by atoms with Crippen molar-refractivity contribution in [2.45, 2.75) is 0 Å². The zero-order chi connectivity index (χ0) is 7.49. The first-order valence-electron chi connectivity index (χ1n) is 2.18. The van der Waals surface area contributed by atoms with Crippen LogP contribution < -0.4 is 10.0 Å². The summed E-state index contributed by atoms with van der Waals surface area (Å²) in [7, 11) is -1.51. The molecule has 0 rings (SSSR count). The Labute approximate surface area is 54.9 Å². The molecule has 9 heavy (non-hydrogen) atoms. The molecule has 0 saturated carbocycles. The van der Waals surface area contributed by atoms with Gasteiger partial charge in [-0.3, -0.25) is 9.11 Å². The second kappa shape index (κ2) is 2.90. The molecule has 0 bridgehead atoms. The zero-order valence-electron chi connectivity index (χ0n) is 5.21.